The predicted octanol–water partition coefficient (Wildman–Crippen LogP) is 2.91. The second-order valence-electron chi connectivity index (χ2n) is 7.40. The van der Waals surface area contributed by atoms with Crippen LogP contribution in [0.15, 0.2) is 65.7 Å². The Hall–Kier alpha value is -3.28. The van der Waals surface area contributed by atoms with Crippen molar-refractivity contribution >= 4 is 22.6 Å². The van der Waals surface area contributed by atoms with Gasteiger partial charge in [-0.05, 0) is 25.0 Å². The number of Topliss-reactive ketones (excluding diaryl/α,β-unsaturated/α-hetero) is 1. The van der Waals surface area contributed by atoms with Crippen LogP contribution in [-0.2, 0) is 11.3 Å². The molecule has 1 saturated heterocycles. The average Bonchev–Trinajstić information content (AvgIpc) is 2.79. The summed E-state index contributed by atoms with van der Waals surface area (Å²) in [5.41, 5.74) is 1.27. The van der Waals surface area contributed by atoms with Gasteiger partial charge in [-0.25, -0.2) is 4.98 Å². The summed E-state index contributed by atoms with van der Waals surface area (Å²) < 4.78 is 1.49. The summed E-state index contributed by atoms with van der Waals surface area (Å²) in [7, 11) is 0. The van der Waals surface area contributed by atoms with E-state index in [0.717, 1.165) is 5.56 Å². The predicted molar refractivity (Wildman–Crippen MR) is 111 cm³/mol. The number of ketones is 1. The second kappa shape index (κ2) is 8.39. The number of benzene rings is 2. The first kappa shape index (κ1) is 19.1. The Balaban J connectivity index is 1.33. The van der Waals surface area contributed by atoms with E-state index in [2.05, 4.69) is 4.98 Å². The number of fused-ring (bicyclic) bond motifs is 1. The molecule has 0 spiro atoms. The molecule has 0 N–H and O–H groups in total. The number of nitrogens with zero attached hydrogens (tertiary/aromatic N) is 3. The molecule has 0 saturated carbocycles. The third-order valence-electron chi connectivity index (χ3n) is 5.57. The molecule has 0 unspecified atom stereocenters. The fraction of sp³-hybridized carbons (Fsp3) is 0.304. The molecule has 29 heavy (non-hydrogen) atoms. The van der Waals surface area contributed by atoms with Crippen molar-refractivity contribution in [2.75, 3.05) is 13.1 Å². The minimum absolute atomic E-state index is 0.00988. The highest BCUT2D eigenvalue weighted by atomic mass is 16.2. The van der Waals surface area contributed by atoms with Gasteiger partial charge in [0, 0.05) is 37.5 Å². The molecule has 2 heterocycles. The second-order valence-corrected chi connectivity index (χ2v) is 7.40. The number of aromatic nitrogens is 2. The Morgan fingerprint density at radius 2 is 1.66 bits per heavy atom. The van der Waals surface area contributed by atoms with Crippen molar-refractivity contribution in [1.82, 2.24) is 14.5 Å². The van der Waals surface area contributed by atoms with Crippen molar-refractivity contribution in [1.29, 1.82) is 0 Å². The van der Waals surface area contributed by atoms with Crippen LogP contribution in [0.25, 0.3) is 10.9 Å². The number of hydrogen-bond donors (Lipinski definition) is 0. The van der Waals surface area contributed by atoms with Gasteiger partial charge in [0.15, 0.2) is 5.78 Å². The molecule has 1 aliphatic heterocycles. The molecular weight excluding hydrogens is 366 g/mol. The molecule has 1 aromatic heterocycles. The number of amides is 1. The van der Waals surface area contributed by atoms with Crippen LogP contribution in [0.5, 0.6) is 0 Å². The summed E-state index contributed by atoms with van der Waals surface area (Å²) in [6.07, 6.45) is 3.10. The lowest BCUT2D eigenvalue weighted by Crippen LogP contribution is -2.40. The van der Waals surface area contributed by atoms with Crippen LogP contribution in [-0.4, -0.2) is 39.2 Å². The smallest absolute Gasteiger partial charge is 0.261 e. The molecule has 0 aliphatic carbocycles. The van der Waals surface area contributed by atoms with Crippen molar-refractivity contribution in [3.8, 4) is 0 Å². The number of rotatable bonds is 5. The maximum absolute atomic E-state index is 12.6. The highest BCUT2D eigenvalue weighted by Gasteiger charge is 2.27. The molecule has 1 aliphatic rings. The number of aryl methyl sites for hydroxylation is 1. The van der Waals surface area contributed by atoms with Crippen LogP contribution >= 0.6 is 0 Å². The lowest BCUT2D eigenvalue weighted by atomic mass is 9.89. The minimum atomic E-state index is -0.129. The Morgan fingerprint density at radius 1 is 0.966 bits per heavy atom. The standard InChI is InChI=1S/C23H23N3O3/c27-21(12-15-26-16-24-20-9-5-4-8-19(20)23(26)29)25-13-10-18(11-14-25)22(28)17-6-2-1-3-7-17/h1-9,16,18H,10-15H2. The third-order valence-corrected chi connectivity index (χ3v) is 5.57. The topological polar surface area (TPSA) is 72.3 Å². The molecule has 3 aromatic rings. The van der Waals surface area contributed by atoms with Crippen molar-refractivity contribution in [3.05, 3.63) is 76.8 Å². The average molecular weight is 389 g/mol. The molecule has 2 aromatic carbocycles. The maximum Gasteiger partial charge on any atom is 0.261 e. The lowest BCUT2D eigenvalue weighted by Gasteiger charge is -2.31. The van der Waals surface area contributed by atoms with E-state index < -0.39 is 0 Å². The Labute approximate surface area is 168 Å². The summed E-state index contributed by atoms with van der Waals surface area (Å²) in [5, 5.41) is 0.558. The number of carbonyl (C=O) groups excluding carboxylic acids is 2. The normalized spacial score (nSPS) is 14.8. The molecule has 6 nitrogen and oxygen atoms in total. The van der Waals surface area contributed by atoms with Gasteiger partial charge in [0.1, 0.15) is 0 Å². The molecule has 6 heteroatoms. The van der Waals surface area contributed by atoms with E-state index >= 15 is 0 Å². The van der Waals surface area contributed by atoms with Gasteiger partial charge in [-0.15, -0.1) is 0 Å². The van der Waals surface area contributed by atoms with Gasteiger partial charge in [-0.3, -0.25) is 19.0 Å². The number of piperidine rings is 1. The molecular formula is C23H23N3O3. The molecule has 1 fully saturated rings. The zero-order valence-corrected chi connectivity index (χ0v) is 16.2. The summed E-state index contributed by atoms with van der Waals surface area (Å²) in [6.45, 7) is 1.46. The van der Waals surface area contributed by atoms with Crippen LogP contribution in [0.2, 0.25) is 0 Å². The monoisotopic (exact) mass is 389 g/mol. The molecule has 0 atom stereocenters. The van der Waals surface area contributed by atoms with Crippen LogP contribution < -0.4 is 5.56 Å². The summed E-state index contributed by atoms with van der Waals surface area (Å²) in [6, 6.07) is 16.5. The van der Waals surface area contributed by atoms with E-state index in [1.807, 2.05) is 42.5 Å². The molecule has 1 amide bonds. The van der Waals surface area contributed by atoms with Gasteiger partial charge >= 0.3 is 0 Å². The van der Waals surface area contributed by atoms with Crippen molar-refractivity contribution in [3.63, 3.8) is 0 Å². The Morgan fingerprint density at radius 3 is 2.41 bits per heavy atom. The van der Waals surface area contributed by atoms with Gasteiger partial charge in [-0.2, -0.15) is 0 Å². The van der Waals surface area contributed by atoms with Crippen molar-refractivity contribution in [2.24, 2.45) is 5.92 Å². The van der Waals surface area contributed by atoms with Gasteiger partial charge in [0.2, 0.25) is 5.91 Å². The van der Waals surface area contributed by atoms with Gasteiger partial charge in [0.25, 0.3) is 5.56 Å². The SMILES string of the molecule is O=C(c1ccccc1)C1CCN(C(=O)CCn2cnc3ccccc3c2=O)CC1. The molecule has 4 rings (SSSR count). The summed E-state index contributed by atoms with van der Waals surface area (Å²) >= 11 is 0. The van der Waals surface area contributed by atoms with E-state index in [9.17, 15) is 14.4 Å². The van der Waals surface area contributed by atoms with E-state index in [0.29, 0.717) is 43.4 Å². The van der Waals surface area contributed by atoms with E-state index in [1.165, 1.54) is 10.9 Å². The third kappa shape index (κ3) is 4.11. The fourth-order valence-corrected chi connectivity index (χ4v) is 3.87. The van der Waals surface area contributed by atoms with Gasteiger partial charge in [-0.1, -0.05) is 42.5 Å². The number of carbonyl (C=O) groups is 2. The largest absolute Gasteiger partial charge is 0.343 e. The summed E-state index contributed by atoms with van der Waals surface area (Å²) in [4.78, 5) is 43.8. The van der Waals surface area contributed by atoms with Crippen LogP contribution in [0.4, 0.5) is 0 Å². The zero-order valence-electron chi connectivity index (χ0n) is 16.2. The van der Waals surface area contributed by atoms with E-state index in [1.54, 1.807) is 17.0 Å². The molecule has 0 radical (unpaired) electrons. The number of hydrogen-bond acceptors (Lipinski definition) is 4. The first-order valence-electron chi connectivity index (χ1n) is 9.95. The maximum atomic E-state index is 12.6. The van der Waals surface area contributed by atoms with Crippen LogP contribution in [0, 0.1) is 5.92 Å². The number of para-hydroxylation sites is 1. The van der Waals surface area contributed by atoms with E-state index in [4.69, 9.17) is 0 Å². The number of likely N-dealkylation sites (tertiary alicyclic amines) is 1. The Bertz CT molecular complexity index is 1080. The Kier molecular flexibility index (Phi) is 5.51. The van der Waals surface area contributed by atoms with Gasteiger partial charge in [0.05, 0.1) is 17.2 Å². The highest BCUT2D eigenvalue weighted by molar-refractivity contribution is 5.98. The lowest BCUT2D eigenvalue weighted by molar-refractivity contribution is -0.132. The highest BCUT2D eigenvalue weighted by Crippen LogP contribution is 2.22. The first-order valence-corrected chi connectivity index (χ1v) is 9.95. The van der Waals surface area contributed by atoms with Crippen LogP contribution in [0.1, 0.15) is 29.6 Å². The zero-order chi connectivity index (χ0) is 20.2. The minimum Gasteiger partial charge on any atom is -0.343 e. The molecule has 148 valence electrons. The van der Waals surface area contributed by atoms with Crippen molar-refractivity contribution < 1.29 is 9.59 Å². The summed E-state index contributed by atoms with van der Waals surface area (Å²) in [5.74, 6) is 0.135. The van der Waals surface area contributed by atoms with Gasteiger partial charge < -0.3 is 4.90 Å². The van der Waals surface area contributed by atoms with E-state index in [-0.39, 0.29) is 29.6 Å². The first-order chi connectivity index (χ1) is 14.1. The molecule has 0 bridgehead atoms. The van der Waals surface area contributed by atoms with Crippen molar-refractivity contribution in [2.45, 2.75) is 25.8 Å². The van der Waals surface area contributed by atoms with Crippen LogP contribution in [0.3, 0.4) is 0 Å². The quantitative estimate of drug-likeness (QED) is 0.629. The fourth-order valence-electron chi connectivity index (χ4n) is 3.87.